The van der Waals surface area contributed by atoms with E-state index in [1.165, 1.54) is 28.4 Å². The highest BCUT2D eigenvalue weighted by atomic mass is 32.2. The summed E-state index contributed by atoms with van der Waals surface area (Å²) in [6.07, 6.45) is 3.16. The molecule has 13 nitrogen and oxygen atoms in total. The molecule has 6 aromatic rings. The zero-order valence-electron chi connectivity index (χ0n) is 24.7. The first-order valence-corrected chi connectivity index (χ1v) is 16.1. The zero-order chi connectivity index (χ0) is 31.5. The molecule has 2 atom stereocenters. The molecule has 0 saturated carbocycles. The van der Waals surface area contributed by atoms with Crippen LogP contribution in [0.15, 0.2) is 71.2 Å². The summed E-state index contributed by atoms with van der Waals surface area (Å²) in [5.41, 5.74) is 3.57. The molecule has 0 spiro atoms. The van der Waals surface area contributed by atoms with Gasteiger partial charge in [-0.25, -0.2) is 9.97 Å². The van der Waals surface area contributed by atoms with Gasteiger partial charge in [0.1, 0.15) is 11.5 Å². The molecular formula is C30H28N6O7S2. The lowest BCUT2D eigenvalue weighted by Crippen LogP contribution is -2.04. The second-order valence-electron chi connectivity index (χ2n) is 9.51. The smallest absolute Gasteiger partial charge is 0.197 e. The van der Waals surface area contributed by atoms with Gasteiger partial charge in [0.2, 0.25) is 0 Å². The number of aromatic amines is 2. The molecule has 4 heterocycles. The minimum atomic E-state index is -1.53. The fourth-order valence-electron chi connectivity index (χ4n) is 4.70. The molecule has 0 fully saturated rings. The first-order valence-electron chi connectivity index (χ1n) is 13.5. The Morgan fingerprint density at radius 1 is 0.622 bits per heavy atom. The van der Waals surface area contributed by atoms with E-state index >= 15 is 0 Å². The van der Waals surface area contributed by atoms with Gasteiger partial charge in [0.25, 0.3) is 0 Å². The first-order chi connectivity index (χ1) is 21.9. The lowest BCUT2D eigenvalue weighted by Gasteiger charge is -2.10. The van der Waals surface area contributed by atoms with Crippen LogP contribution in [0.4, 0.5) is 0 Å². The van der Waals surface area contributed by atoms with Gasteiger partial charge in [-0.1, -0.05) is 0 Å². The van der Waals surface area contributed by atoms with Crippen molar-refractivity contribution < 1.29 is 32.1 Å². The Morgan fingerprint density at radius 2 is 1.07 bits per heavy atom. The molecule has 0 aliphatic rings. The van der Waals surface area contributed by atoms with Gasteiger partial charge in [-0.3, -0.25) is 18.4 Å². The summed E-state index contributed by atoms with van der Waals surface area (Å²) < 4.78 is 53.9. The lowest BCUT2D eigenvalue weighted by atomic mass is 10.3. The Bertz CT molecular complexity index is 1920. The molecule has 45 heavy (non-hydrogen) atoms. The van der Waals surface area contributed by atoms with E-state index in [2.05, 4.69) is 29.9 Å². The number of aromatic nitrogens is 6. The summed E-state index contributed by atoms with van der Waals surface area (Å²) in [5, 5.41) is 0.602. The number of H-pyrrole nitrogens is 2. The fraction of sp³-hybridized carbons (Fsp3) is 0.200. The molecular weight excluding hydrogens is 620 g/mol. The summed E-state index contributed by atoms with van der Waals surface area (Å²) in [6, 6.07) is 14.0. The number of nitrogens with zero attached hydrogens (tertiary/aromatic N) is 4. The molecule has 15 heteroatoms. The van der Waals surface area contributed by atoms with Crippen molar-refractivity contribution in [3.63, 3.8) is 0 Å². The fourth-order valence-corrected chi connectivity index (χ4v) is 6.73. The van der Waals surface area contributed by atoms with Crippen LogP contribution in [0.2, 0.25) is 0 Å². The predicted molar refractivity (Wildman–Crippen MR) is 167 cm³/mol. The van der Waals surface area contributed by atoms with E-state index < -0.39 is 21.6 Å². The van der Waals surface area contributed by atoms with Crippen molar-refractivity contribution in [1.29, 1.82) is 0 Å². The molecule has 0 radical (unpaired) electrons. The quantitative estimate of drug-likeness (QED) is 0.190. The topological polar surface area (TPSA) is 163 Å². The third kappa shape index (κ3) is 6.17. The number of ether oxygens (including phenoxy) is 5. The normalized spacial score (nSPS) is 12.6. The van der Waals surface area contributed by atoms with Crippen molar-refractivity contribution >= 4 is 43.7 Å². The molecule has 0 bridgehead atoms. The molecule has 0 aliphatic carbocycles. The summed E-state index contributed by atoms with van der Waals surface area (Å²) in [4.78, 5) is 23.9. The Morgan fingerprint density at radius 3 is 1.47 bits per heavy atom. The minimum absolute atomic E-state index is 0.0874. The van der Waals surface area contributed by atoms with Gasteiger partial charge in [-0.2, -0.15) is 0 Å². The van der Waals surface area contributed by atoms with Crippen molar-refractivity contribution in [2.45, 2.75) is 21.8 Å². The summed E-state index contributed by atoms with van der Waals surface area (Å²) in [5.74, 6) is 3.14. The number of fused-ring (bicyclic) bond motifs is 2. The molecule has 2 unspecified atom stereocenters. The van der Waals surface area contributed by atoms with E-state index in [1.54, 1.807) is 60.9 Å². The highest BCUT2D eigenvalue weighted by Gasteiger charge is 2.19. The standard InChI is InChI=1S/C30H28N6O7S2/c1-39-25-9-11-31-23(27(25)41-3)15-44(37)29-33-19-7-5-17(13-21(19)35-29)43-18-6-8-20-22(14-18)36-30(34-20)45(38)16-24-28(42-4)26(40-2)10-12-32-24/h5-14H,15-16H2,1-4H3,(H,33,35)(H,34,36). The van der Waals surface area contributed by atoms with Gasteiger partial charge in [0.15, 0.2) is 33.3 Å². The van der Waals surface area contributed by atoms with E-state index in [0.29, 0.717) is 78.3 Å². The number of hydrogen-bond donors (Lipinski definition) is 2. The van der Waals surface area contributed by atoms with Crippen molar-refractivity contribution in [2.75, 3.05) is 28.4 Å². The highest BCUT2D eigenvalue weighted by Crippen LogP contribution is 2.33. The van der Waals surface area contributed by atoms with Crippen LogP contribution in [0.3, 0.4) is 0 Å². The highest BCUT2D eigenvalue weighted by molar-refractivity contribution is 7.84. The summed E-state index contributed by atoms with van der Waals surface area (Å²) in [7, 11) is 3.04. The SMILES string of the molecule is COc1ccnc(CS(=O)c2nc3ccc(Oc4ccc5nc(S(=O)Cc6nccc(OC)c6OC)[nH]c5c4)cc3[nH]2)c1OC. The van der Waals surface area contributed by atoms with Crippen LogP contribution in [-0.2, 0) is 33.1 Å². The number of imidazole rings is 2. The average Bonchev–Trinajstić information content (AvgIpc) is 3.68. The zero-order valence-corrected chi connectivity index (χ0v) is 26.3. The molecule has 2 aromatic carbocycles. The van der Waals surface area contributed by atoms with Crippen molar-refractivity contribution in [3.05, 3.63) is 72.3 Å². The Balaban J connectivity index is 1.17. The number of benzene rings is 2. The van der Waals surface area contributed by atoms with Gasteiger partial charge in [0.05, 0.1) is 95.0 Å². The van der Waals surface area contributed by atoms with E-state index in [9.17, 15) is 8.42 Å². The summed E-state index contributed by atoms with van der Waals surface area (Å²) >= 11 is 0. The van der Waals surface area contributed by atoms with Crippen LogP contribution in [0.1, 0.15) is 11.4 Å². The van der Waals surface area contributed by atoms with Crippen LogP contribution in [-0.4, -0.2) is 66.8 Å². The van der Waals surface area contributed by atoms with Crippen molar-refractivity contribution in [3.8, 4) is 34.5 Å². The molecule has 2 N–H and O–H groups in total. The van der Waals surface area contributed by atoms with Crippen LogP contribution in [0.25, 0.3) is 22.1 Å². The van der Waals surface area contributed by atoms with Crippen LogP contribution in [0, 0.1) is 0 Å². The third-order valence-corrected chi connectivity index (χ3v) is 9.12. The Kier molecular flexibility index (Phi) is 8.62. The monoisotopic (exact) mass is 648 g/mol. The minimum Gasteiger partial charge on any atom is -0.493 e. The molecule has 0 saturated heterocycles. The maximum Gasteiger partial charge on any atom is 0.197 e. The Hall–Kier alpha value is -5.02. The second-order valence-corrected chi connectivity index (χ2v) is 12.2. The predicted octanol–water partition coefficient (Wildman–Crippen LogP) is 4.67. The Labute approximate surface area is 262 Å². The molecule has 0 aliphatic heterocycles. The second kappa shape index (κ2) is 12.9. The van der Waals surface area contributed by atoms with Gasteiger partial charge < -0.3 is 33.7 Å². The maximum atomic E-state index is 13.2. The third-order valence-electron chi connectivity index (χ3n) is 6.80. The van der Waals surface area contributed by atoms with Gasteiger partial charge in [-0.15, -0.1) is 0 Å². The van der Waals surface area contributed by atoms with Crippen molar-refractivity contribution in [1.82, 2.24) is 29.9 Å². The number of nitrogens with one attached hydrogen (secondary N) is 2. The maximum absolute atomic E-state index is 13.2. The number of hydrogen-bond acceptors (Lipinski definition) is 11. The number of pyridine rings is 2. The van der Waals surface area contributed by atoms with E-state index in [1.807, 2.05) is 0 Å². The number of methoxy groups -OCH3 is 4. The largest absolute Gasteiger partial charge is 0.493 e. The van der Waals surface area contributed by atoms with E-state index in [-0.39, 0.29) is 11.5 Å². The van der Waals surface area contributed by atoms with Crippen LogP contribution in [0.5, 0.6) is 34.5 Å². The van der Waals surface area contributed by atoms with Crippen LogP contribution < -0.4 is 23.7 Å². The van der Waals surface area contributed by atoms with Crippen molar-refractivity contribution in [2.24, 2.45) is 0 Å². The molecule has 0 amide bonds. The van der Waals surface area contributed by atoms with Gasteiger partial charge in [0, 0.05) is 36.7 Å². The summed E-state index contributed by atoms with van der Waals surface area (Å²) in [6.45, 7) is 0. The molecule has 232 valence electrons. The lowest BCUT2D eigenvalue weighted by molar-refractivity contribution is 0.350. The number of rotatable bonds is 12. The van der Waals surface area contributed by atoms with E-state index in [4.69, 9.17) is 23.7 Å². The molecule has 4 aromatic heterocycles. The molecule has 6 rings (SSSR count). The first kappa shape index (κ1) is 30.0. The average molecular weight is 649 g/mol. The van der Waals surface area contributed by atoms with Gasteiger partial charge in [-0.05, 0) is 24.3 Å². The van der Waals surface area contributed by atoms with Crippen LogP contribution >= 0.6 is 0 Å². The van der Waals surface area contributed by atoms with Gasteiger partial charge >= 0.3 is 0 Å². The van der Waals surface area contributed by atoms with E-state index in [0.717, 1.165) is 0 Å².